The Morgan fingerprint density at radius 1 is 1.33 bits per heavy atom. The molecule has 6 heteroatoms. The fourth-order valence-corrected chi connectivity index (χ4v) is 5.79. The molecule has 1 aliphatic heterocycles. The monoisotopic (exact) mass is 322 g/mol. The maximum absolute atomic E-state index is 12.9. The normalized spacial score (nSPS) is 20.0. The maximum atomic E-state index is 12.9. The molecule has 2 aromatic rings. The van der Waals surface area contributed by atoms with Crippen LogP contribution >= 0.6 is 11.3 Å². The van der Waals surface area contributed by atoms with Gasteiger partial charge in [-0.05, 0) is 43.5 Å². The van der Waals surface area contributed by atoms with Gasteiger partial charge in [-0.2, -0.15) is 4.31 Å². The van der Waals surface area contributed by atoms with Crippen LogP contribution in [-0.2, 0) is 16.4 Å². The number of pyridine rings is 1. The molecule has 2 aromatic heterocycles. The molecule has 1 aliphatic rings. The molecule has 0 spiro atoms. The molecule has 3 heterocycles. The predicted octanol–water partition coefficient (Wildman–Crippen LogP) is 3.23. The van der Waals surface area contributed by atoms with E-state index in [0.29, 0.717) is 10.8 Å². The molecule has 112 valence electrons. The maximum Gasteiger partial charge on any atom is 0.253 e. The van der Waals surface area contributed by atoms with Crippen LogP contribution in [-0.4, -0.2) is 24.3 Å². The largest absolute Gasteiger partial charge is 0.260 e. The Hall–Kier alpha value is -1.24. The summed E-state index contributed by atoms with van der Waals surface area (Å²) < 4.78 is 27.8. The molecule has 3 rings (SSSR count). The SMILES string of the molecule is CCc1ccc(S(=O)(=O)N2CCCC2c2ccccn2)s1. The van der Waals surface area contributed by atoms with Gasteiger partial charge in [-0.25, -0.2) is 8.42 Å². The minimum atomic E-state index is -3.41. The molecule has 1 fully saturated rings. The lowest BCUT2D eigenvalue weighted by atomic mass is 10.1. The van der Waals surface area contributed by atoms with Gasteiger partial charge in [0.2, 0.25) is 0 Å². The number of aryl methyl sites for hydroxylation is 1. The van der Waals surface area contributed by atoms with Crippen molar-refractivity contribution in [2.75, 3.05) is 6.54 Å². The minimum Gasteiger partial charge on any atom is -0.260 e. The van der Waals surface area contributed by atoms with E-state index in [-0.39, 0.29) is 6.04 Å². The van der Waals surface area contributed by atoms with Crippen LogP contribution in [0.2, 0.25) is 0 Å². The quantitative estimate of drug-likeness (QED) is 0.868. The lowest BCUT2D eigenvalue weighted by Crippen LogP contribution is -2.30. The fourth-order valence-electron chi connectivity index (χ4n) is 2.70. The van der Waals surface area contributed by atoms with E-state index < -0.39 is 10.0 Å². The first-order valence-corrected chi connectivity index (χ1v) is 9.40. The Morgan fingerprint density at radius 3 is 2.86 bits per heavy atom. The number of thiophene rings is 1. The van der Waals surface area contributed by atoms with Crippen molar-refractivity contribution < 1.29 is 8.42 Å². The number of hydrogen-bond acceptors (Lipinski definition) is 4. The van der Waals surface area contributed by atoms with Gasteiger partial charge in [0.15, 0.2) is 0 Å². The second-order valence-electron chi connectivity index (χ2n) is 5.10. The van der Waals surface area contributed by atoms with Crippen molar-refractivity contribution in [1.29, 1.82) is 0 Å². The third kappa shape index (κ3) is 2.75. The van der Waals surface area contributed by atoms with E-state index in [1.165, 1.54) is 11.3 Å². The Labute approximate surface area is 129 Å². The van der Waals surface area contributed by atoms with Crippen molar-refractivity contribution in [3.8, 4) is 0 Å². The summed E-state index contributed by atoms with van der Waals surface area (Å²) in [4.78, 5) is 5.44. The zero-order valence-electron chi connectivity index (χ0n) is 11.9. The van der Waals surface area contributed by atoms with Crippen molar-refractivity contribution >= 4 is 21.4 Å². The average molecular weight is 322 g/mol. The van der Waals surface area contributed by atoms with Crippen molar-refractivity contribution in [2.45, 2.75) is 36.4 Å². The fraction of sp³-hybridized carbons (Fsp3) is 0.400. The van der Waals surface area contributed by atoms with Gasteiger partial charge in [-0.1, -0.05) is 13.0 Å². The summed E-state index contributed by atoms with van der Waals surface area (Å²) in [5.74, 6) is 0. The zero-order chi connectivity index (χ0) is 14.9. The van der Waals surface area contributed by atoms with Gasteiger partial charge in [0.1, 0.15) is 4.21 Å². The van der Waals surface area contributed by atoms with Crippen LogP contribution in [0.15, 0.2) is 40.7 Å². The first kappa shape index (κ1) is 14.7. The zero-order valence-corrected chi connectivity index (χ0v) is 13.5. The second-order valence-corrected chi connectivity index (χ2v) is 8.39. The van der Waals surface area contributed by atoms with Crippen LogP contribution in [0.3, 0.4) is 0 Å². The van der Waals surface area contributed by atoms with Gasteiger partial charge in [0.05, 0.1) is 11.7 Å². The molecule has 0 amide bonds. The van der Waals surface area contributed by atoms with E-state index in [9.17, 15) is 8.42 Å². The number of rotatable bonds is 4. The van der Waals surface area contributed by atoms with E-state index in [0.717, 1.165) is 29.8 Å². The van der Waals surface area contributed by atoms with E-state index in [2.05, 4.69) is 4.98 Å². The van der Waals surface area contributed by atoms with Crippen LogP contribution < -0.4 is 0 Å². The van der Waals surface area contributed by atoms with Crippen LogP contribution in [0, 0.1) is 0 Å². The Morgan fingerprint density at radius 2 is 2.19 bits per heavy atom. The number of aromatic nitrogens is 1. The van der Waals surface area contributed by atoms with Crippen molar-refractivity contribution in [2.24, 2.45) is 0 Å². The van der Waals surface area contributed by atoms with E-state index in [4.69, 9.17) is 0 Å². The Balaban J connectivity index is 1.94. The Kier molecular flexibility index (Phi) is 4.10. The highest BCUT2D eigenvalue weighted by molar-refractivity contribution is 7.91. The summed E-state index contributed by atoms with van der Waals surface area (Å²) in [6.07, 6.45) is 4.30. The molecule has 0 bridgehead atoms. The predicted molar refractivity (Wildman–Crippen MR) is 83.8 cm³/mol. The molecule has 0 aromatic carbocycles. The highest BCUT2D eigenvalue weighted by Gasteiger charge is 2.37. The molecule has 0 saturated carbocycles. The van der Waals surface area contributed by atoms with E-state index >= 15 is 0 Å². The van der Waals surface area contributed by atoms with Gasteiger partial charge in [-0.3, -0.25) is 4.98 Å². The summed E-state index contributed by atoms with van der Waals surface area (Å²) in [5, 5.41) is 0. The van der Waals surface area contributed by atoms with Gasteiger partial charge in [0.25, 0.3) is 10.0 Å². The lowest BCUT2D eigenvalue weighted by Gasteiger charge is -2.22. The highest BCUT2D eigenvalue weighted by Crippen LogP contribution is 2.37. The first-order valence-electron chi connectivity index (χ1n) is 7.14. The molecular weight excluding hydrogens is 304 g/mol. The van der Waals surface area contributed by atoms with E-state index in [1.54, 1.807) is 16.6 Å². The molecule has 0 N–H and O–H groups in total. The molecular formula is C15H18N2O2S2. The first-order chi connectivity index (χ1) is 10.1. The summed E-state index contributed by atoms with van der Waals surface area (Å²) in [6, 6.07) is 9.17. The lowest BCUT2D eigenvalue weighted by molar-refractivity contribution is 0.391. The van der Waals surface area contributed by atoms with Gasteiger partial charge < -0.3 is 0 Å². The number of sulfonamides is 1. The van der Waals surface area contributed by atoms with Crippen molar-refractivity contribution in [3.05, 3.63) is 47.1 Å². The molecule has 1 unspecified atom stereocenters. The number of nitrogens with zero attached hydrogens (tertiary/aromatic N) is 2. The third-order valence-corrected chi connectivity index (χ3v) is 7.39. The summed E-state index contributed by atoms with van der Waals surface area (Å²) in [7, 11) is -3.41. The summed E-state index contributed by atoms with van der Waals surface area (Å²) in [6.45, 7) is 2.61. The van der Waals surface area contributed by atoms with Gasteiger partial charge in [0, 0.05) is 17.6 Å². The topological polar surface area (TPSA) is 50.3 Å². The van der Waals surface area contributed by atoms with E-state index in [1.807, 2.05) is 31.2 Å². The van der Waals surface area contributed by atoms with Gasteiger partial charge >= 0.3 is 0 Å². The van der Waals surface area contributed by atoms with Crippen molar-refractivity contribution in [3.63, 3.8) is 0 Å². The van der Waals surface area contributed by atoms with Crippen LogP contribution in [0.1, 0.15) is 36.4 Å². The standard InChI is InChI=1S/C15H18N2O2S2/c1-2-12-8-9-15(20-12)21(18,19)17-11-5-7-14(17)13-6-3-4-10-16-13/h3-4,6,8-10,14H,2,5,7,11H2,1H3. The highest BCUT2D eigenvalue weighted by atomic mass is 32.2. The molecule has 0 radical (unpaired) electrons. The molecule has 1 atom stereocenters. The smallest absolute Gasteiger partial charge is 0.253 e. The van der Waals surface area contributed by atoms with Crippen LogP contribution in [0.4, 0.5) is 0 Å². The minimum absolute atomic E-state index is 0.136. The Bertz CT molecular complexity index is 710. The van der Waals surface area contributed by atoms with Crippen molar-refractivity contribution in [1.82, 2.24) is 9.29 Å². The third-order valence-electron chi connectivity index (χ3n) is 3.78. The van der Waals surface area contributed by atoms with Gasteiger partial charge in [-0.15, -0.1) is 11.3 Å². The average Bonchev–Trinajstić information content (AvgIpc) is 3.17. The molecule has 4 nitrogen and oxygen atoms in total. The second kappa shape index (κ2) is 5.87. The summed E-state index contributed by atoms with van der Waals surface area (Å²) >= 11 is 1.37. The molecule has 0 aliphatic carbocycles. The number of hydrogen-bond donors (Lipinski definition) is 0. The summed E-state index contributed by atoms with van der Waals surface area (Å²) in [5.41, 5.74) is 0.839. The van der Waals surface area contributed by atoms with Crippen LogP contribution in [0.25, 0.3) is 0 Å². The molecule has 1 saturated heterocycles. The van der Waals surface area contributed by atoms with Crippen LogP contribution in [0.5, 0.6) is 0 Å². The molecule has 21 heavy (non-hydrogen) atoms.